The van der Waals surface area contributed by atoms with Crippen LogP contribution in [0.15, 0.2) is 51.4 Å². The summed E-state index contributed by atoms with van der Waals surface area (Å²) >= 11 is 3.41. The minimum Gasteiger partial charge on any atom is -0.465 e. The van der Waals surface area contributed by atoms with Gasteiger partial charge < -0.3 is 14.5 Å². The Bertz CT molecular complexity index is 945. The molecule has 0 fully saturated rings. The first-order valence-electron chi connectivity index (χ1n) is 7.18. The summed E-state index contributed by atoms with van der Waals surface area (Å²) < 4.78 is 11.3. The van der Waals surface area contributed by atoms with Crippen molar-refractivity contribution >= 4 is 44.5 Å². The van der Waals surface area contributed by atoms with Crippen molar-refractivity contribution in [3.8, 4) is 0 Å². The number of anilines is 1. The molecule has 1 heterocycles. The second kappa shape index (κ2) is 6.49. The molecule has 1 aromatic heterocycles. The van der Waals surface area contributed by atoms with Crippen molar-refractivity contribution in [1.82, 2.24) is 0 Å². The number of rotatable bonds is 3. The number of ether oxygens (including phenoxy) is 1. The summed E-state index contributed by atoms with van der Waals surface area (Å²) in [4.78, 5) is 24.4. The highest BCUT2D eigenvalue weighted by Crippen LogP contribution is 2.29. The maximum atomic E-state index is 12.6. The fourth-order valence-corrected chi connectivity index (χ4v) is 2.83. The van der Waals surface area contributed by atoms with Crippen LogP contribution in [0.1, 0.15) is 26.5 Å². The standard InChI is InChI=1S/C18H14BrNO4/c1-10-13-9-11(19)7-8-15(13)24-16(10)17(21)20-14-6-4-3-5-12(14)18(22)23-2/h3-9H,1-2H3,(H,20,21). The topological polar surface area (TPSA) is 68.5 Å². The van der Waals surface area contributed by atoms with Gasteiger partial charge >= 0.3 is 5.97 Å². The van der Waals surface area contributed by atoms with Crippen molar-refractivity contribution in [1.29, 1.82) is 0 Å². The molecule has 3 aromatic rings. The number of hydrogen-bond acceptors (Lipinski definition) is 4. The number of benzene rings is 2. The number of halogens is 1. The summed E-state index contributed by atoms with van der Waals surface area (Å²) in [6, 6.07) is 12.2. The average Bonchev–Trinajstić information content (AvgIpc) is 2.91. The Morgan fingerprint density at radius 2 is 1.92 bits per heavy atom. The van der Waals surface area contributed by atoms with Gasteiger partial charge in [-0.1, -0.05) is 28.1 Å². The number of nitrogens with one attached hydrogen (secondary N) is 1. The van der Waals surface area contributed by atoms with Crippen LogP contribution in [-0.4, -0.2) is 19.0 Å². The van der Waals surface area contributed by atoms with Gasteiger partial charge in [0.2, 0.25) is 0 Å². The second-order valence-electron chi connectivity index (χ2n) is 5.19. The molecule has 0 aliphatic heterocycles. The first kappa shape index (κ1) is 16.3. The summed E-state index contributed by atoms with van der Waals surface area (Å²) in [6.45, 7) is 1.82. The molecule has 2 aromatic carbocycles. The molecule has 0 radical (unpaired) electrons. The number of methoxy groups -OCH3 is 1. The first-order chi connectivity index (χ1) is 11.5. The van der Waals surface area contributed by atoms with E-state index in [9.17, 15) is 9.59 Å². The minimum atomic E-state index is -0.517. The maximum Gasteiger partial charge on any atom is 0.339 e. The van der Waals surface area contributed by atoms with Gasteiger partial charge in [0.05, 0.1) is 18.4 Å². The molecule has 0 atom stereocenters. The quantitative estimate of drug-likeness (QED) is 0.669. The lowest BCUT2D eigenvalue weighted by Crippen LogP contribution is -2.15. The van der Waals surface area contributed by atoms with Crippen molar-refractivity contribution in [2.75, 3.05) is 12.4 Å². The van der Waals surface area contributed by atoms with Crippen LogP contribution in [0.2, 0.25) is 0 Å². The summed E-state index contributed by atoms with van der Waals surface area (Å²) in [6.07, 6.45) is 0. The van der Waals surface area contributed by atoms with Crippen LogP contribution >= 0.6 is 15.9 Å². The number of furan rings is 1. The molecule has 0 saturated heterocycles. The molecule has 0 aliphatic carbocycles. The lowest BCUT2D eigenvalue weighted by Gasteiger charge is -2.08. The molecule has 24 heavy (non-hydrogen) atoms. The molecule has 5 nitrogen and oxygen atoms in total. The molecule has 1 N–H and O–H groups in total. The van der Waals surface area contributed by atoms with Crippen LogP contribution in [0.4, 0.5) is 5.69 Å². The van der Waals surface area contributed by atoms with Gasteiger partial charge in [-0.15, -0.1) is 0 Å². The van der Waals surface area contributed by atoms with E-state index >= 15 is 0 Å². The number of amides is 1. The number of esters is 1. The Morgan fingerprint density at radius 3 is 2.67 bits per heavy atom. The average molecular weight is 388 g/mol. The van der Waals surface area contributed by atoms with E-state index in [1.807, 2.05) is 19.1 Å². The number of fused-ring (bicyclic) bond motifs is 1. The predicted molar refractivity (Wildman–Crippen MR) is 94.4 cm³/mol. The van der Waals surface area contributed by atoms with E-state index < -0.39 is 11.9 Å². The SMILES string of the molecule is COC(=O)c1ccccc1NC(=O)c1oc2ccc(Br)cc2c1C. The molecule has 122 valence electrons. The van der Waals surface area contributed by atoms with Gasteiger partial charge in [0.1, 0.15) is 5.58 Å². The zero-order chi connectivity index (χ0) is 17.3. The zero-order valence-electron chi connectivity index (χ0n) is 13.1. The highest BCUT2D eigenvalue weighted by molar-refractivity contribution is 9.10. The Labute approximate surface area is 146 Å². The van der Waals surface area contributed by atoms with Crippen molar-refractivity contribution in [2.45, 2.75) is 6.92 Å². The fourth-order valence-electron chi connectivity index (χ4n) is 2.47. The Balaban J connectivity index is 1.97. The highest BCUT2D eigenvalue weighted by Gasteiger charge is 2.20. The van der Waals surface area contributed by atoms with Crippen molar-refractivity contribution < 1.29 is 18.7 Å². The molecule has 0 aliphatic rings. The number of aryl methyl sites for hydroxylation is 1. The van der Waals surface area contributed by atoms with Gasteiger partial charge in [0.25, 0.3) is 5.91 Å². The van der Waals surface area contributed by atoms with Crippen molar-refractivity contribution in [3.05, 3.63) is 63.8 Å². The minimum absolute atomic E-state index is 0.211. The van der Waals surface area contributed by atoms with E-state index in [1.165, 1.54) is 7.11 Å². The smallest absolute Gasteiger partial charge is 0.339 e. The molecule has 0 spiro atoms. The van der Waals surface area contributed by atoms with Crippen LogP contribution in [0.3, 0.4) is 0 Å². The van der Waals surface area contributed by atoms with E-state index in [0.717, 1.165) is 15.4 Å². The second-order valence-corrected chi connectivity index (χ2v) is 6.10. The summed E-state index contributed by atoms with van der Waals surface area (Å²) in [5.74, 6) is -0.727. The molecule has 6 heteroatoms. The monoisotopic (exact) mass is 387 g/mol. The van der Waals surface area contributed by atoms with Crippen LogP contribution in [0, 0.1) is 6.92 Å². The van der Waals surface area contributed by atoms with Gasteiger partial charge in [-0.2, -0.15) is 0 Å². The van der Waals surface area contributed by atoms with Crippen molar-refractivity contribution in [2.24, 2.45) is 0 Å². The molecule has 3 rings (SSSR count). The summed E-state index contributed by atoms with van der Waals surface area (Å²) in [5, 5.41) is 3.57. The normalized spacial score (nSPS) is 10.6. The van der Waals surface area contributed by atoms with Gasteiger partial charge in [-0.3, -0.25) is 4.79 Å². The van der Waals surface area contributed by atoms with E-state index in [1.54, 1.807) is 30.3 Å². The third kappa shape index (κ3) is 2.92. The van der Waals surface area contributed by atoms with Crippen LogP contribution in [0.25, 0.3) is 11.0 Å². The molecular formula is C18H14BrNO4. The van der Waals surface area contributed by atoms with E-state index in [4.69, 9.17) is 9.15 Å². The van der Waals surface area contributed by atoms with Gasteiger partial charge in [0, 0.05) is 15.4 Å². The number of para-hydroxylation sites is 1. The first-order valence-corrected chi connectivity index (χ1v) is 7.98. The maximum absolute atomic E-state index is 12.6. The van der Waals surface area contributed by atoms with Gasteiger partial charge in [-0.25, -0.2) is 4.79 Å². The highest BCUT2D eigenvalue weighted by atomic mass is 79.9. The van der Waals surface area contributed by atoms with E-state index in [2.05, 4.69) is 21.2 Å². The van der Waals surface area contributed by atoms with Crippen molar-refractivity contribution in [3.63, 3.8) is 0 Å². The molecule has 0 unspecified atom stereocenters. The van der Waals surface area contributed by atoms with Crippen LogP contribution < -0.4 is 5.32 Å². The van der Waals surface area contributed by atoms with Gasteiger partial charge in [0.15, 0.2) is 5.76 Å². The van der Waals surface area contributed by atoms with Crippen LogP contribution in [0.5, 0.6) is 0 Å². The molecular weight excluding hydrogens is 374 g/mol. The van der Waals surface area contributed by atoms with E-state index in [-0.39, 0.29) is 11.3 Å². The van der Waals surface area contributed by atoms with Crippen LogP contribution in [-0.2, 0) is 4.74 Å². The summed E-state index contributed by atoms with van der Waals surface area (Å²) in [5.41, 5.74) is 2.02. The number of hydrogen-bond donors (Lipinski definition) is 1. The third-order valence-corrected chi connectivity index (χ3v) is 4.18. The molecule has 1 amide bonds. The predicted octanol–water partition coefficient (Wildman–Crippen LogP) is 4.54. The zero-order valence-corrected chi connectivity index (χ0v) is 14.6. The molecule has 0 bridgehead atoms. The molecule has 0 saturated carbocycles. The lowest BCUT2D eigenvalue weighted by molar-refractivity contribution is 0.0602. The van der Waals surface area contributed by atoms with Gasteiger partial charge in [-0.05, 0) is 37.3 Å². The Hall–Kier alpha value is -2.60. The number of carbonyl (C=O) groups excluding carboxylic acids is 2. The Kier molecular flexibility index (Phi) is 4.40. The van der Waals surface area contributed by atoms with E-state index in [0.29, 0.717) is 11.3 Å². The Morgan fingerprint density at radius 1 is 1.17 bits per heavy atom. The fraction of sp³-hybridized carbons (Fsp3) is 0.111. The third-order valence-electron chi connectivity index (χ3n) is 3.69. The largest absolute Gasteiger partial charge is 0.465 e. The number of carbonyl (C=O) groups is 2. The lowest BCUT2D eigenvalue weighted by atomic mass is 10.1. The summed E-state index contributed by atoms with van der Waals surface area (Å²) in [7, 11) is 1.29.